The maximum atomic E-state index is 13.8. The summed E-state index contributed by atoms with van der Waals surface area (Å²) in [5.74, 6) is -0.730. The molecule has 3 aromatic carbocycles. The second-order valence-corrected chi connectivity index (χ2v) is 8.62. The molecule has 34 heavy (non-hydrogen) atoms. The van der Waals surface area contributed by atoms with Gasteiger partial charge in [-0.05, 0) is 48.9 Å². The molecule has 0 saturated carbocycles. The topological polar surface area (TPSA) is 81.8 Å². The van der Waals surface area contributed by atoms with Crippen LogP contribution in [0.2, 0.25) is 0 Å². The molecule has 0 aromatic heterocycles. The Balaban J connectivity index is 1.73. The van der Waals surface area contributed by atoms with Crippen LogP contribution >= 0.6 is 0 Å². The minimum Gasteiger partial charge on any atom is -0.324 e. The lowest BCUT2D eigenvalue weighted by molar-refractivity contribution is -0.121. The van der Waals surface area contributed by atoms with Gasteiger partial charge < -0.3 is 15.5 Å². The predicted molar refractivity (Wildman–Crippen MR) is 134 cm³/mol. The molecule has 0 bridgehead atoms. The second kappa shape index (κ2) is 9.79. The molecule has 0 radical (unpaired) electrons. The molecule has 0 fully saturated rings. The van der Waals surface area contributed by atoms with Gasteiger partial charge in [0.15, 0.2) is 0 Å². The van der Waals surface area contributed by atoms with Crippen LogP contribution in [0.3, 0.4) is 0 Å². The molecule has 4 amide bonds. The Labute approximate surface area is 199 Å². The maximum Gasteiger partial charge on any atom is 0.319 e. The van der Waals surface area contributed by atoms with Gasteiger partial charge >= 0.3 is 6.03 Å². The summed E-state index contributed by atoms with van der Waals surface area (Å²) in [7, 11) is 0. The number of anilines is 4. The van der Waals surface area contributed by atoms with Gasteiger partial charge in [-0.3, -0.25) is 14.5 Å². The highest BCUT2D eigenvalue weighted by Gasteiger charge is 2.38. The van der Waals surface area contributed by atoms with Crippen LogP contribution in [-0.4, -0.2) is 30.4 Å². The Morgan fingerprint density at radius 2 is 1.59 bits per heavy atom. The molecule has 0 saturated heterocycles. The summed E-state index contributed by atoms with van der Waals surface area (Å²) in [6.45, 7) is 5.60. The molecule has 1 unspecified atom stereocenters. The van der Waals surface area contributed by atoms with Crippen LogP contribution in [0.4, 0.5) is 27.5 Å². The number of hydrogen-bond donors (Lipinski definition) is 2. The zero-order valence-corrected chi connectivity index (χ0v) is 19.5. The van der Waals surface area contributed by atoms with Crippen molar-refractivity contribution < 1.29 is 14.4 Å². The van der Waals surface area contributed by atoms with Gasteiger partial charge in [-0.2, -0.15) is 0 Å². The lowest BCUT2D eigenvalue weighted by atomic mass is 10.1. The van der Waals surface area contributed by atoms with Gasteiger partial charge in [-0.25, -0.2) is 4.79 Å². The molecular weight excluding hydrogens is 428 g/mol. The minimum atomic E-state index is -0.958. The number of urea groups is 1. The van der Waals surface area contributed by atoms with Gasteiger partial charge in [0.25, 0.3) is 5.91 Å². The molecule has 4 rings (SSSR count). The van der Waals surface area contributed by atoms with Crippen molar-refractivity contribution in [1.82, 2.24) is 5.32 Å². The normalized spacial score (nSPS) is 15.5. The third kappa shape index (κ3) is 4.78. The maximum absolute atomic E-state index is 13.8. The second-order valence-electron chi connectivity index (χ2n) is 8.62. The fraction of sp³-hybridized carbons (Fsp3) is 0.222. The number of carbonyl (C=O) groups excluding carboxylic acids is 3. The number of fused-ring (bicyclic) bond motifs is 1. The summed E-state index contributed by atoms with van der Waals surface area (Å²) in [6.07, 6.45) is 0. The molecule has 3 aromatic rings. The highest BCUT2D eigenvalue weighted by molar-refractivity contribution is 6.12. The number of amides is 4. The van der Waals surface area contributed by atoms with Crippen molar-refractivity contribution in [3.63, 3.8) is 0 Å². The number of hydrogen-bond acceptors (Lipinski definition) is 3. The molecule has 1 heterocycles. The highest BCUT2D eigenvalue weighted by atomic mass is 16.2. The van der Waals surface area contributed by atoms with E-state index in [4.69, 9.17) is 0 Å². The molecule has 174 valence electrons. The Kier molecular flexibility index (Phi) is 6.63. The largest absolute Gasteiger partial charge is 0.324 e. The molecule has 0 spiro atoms. The number of rotatable bonds is 4. The van der Waals surface area contributed by atoms with Crippen molar-refractivity contribution in [3.8, 4) is 0 Å². The van der Waals surface area contributed by atoms with Crippen molar-refractivity contribution >= 4 is 40.6 Å². The summed E-state index contributed by atoms with van der Waals surface area (Å²) in [5, 5.41) is 5.59. The van der Waals surface area contributed by atoms with Crippen molar-refractivity contribution in [1.29, 1.82) is 0 Å². The van der Waals surface area contributed by atoms with Crippen molar-refractivity contribution in [3.05, 3.63) is 84.4 Å². The molecule has 2 N–H and O–H groups in total. The number of aryl methyl sites for hydroxylation is 1. The van der Waals surface area contributed by atoms with Crippen LogP contribution in [-0.2, 0) is 9.59 Å². The Morgan fingerprint density at radius 3 is 2.26 bits per heavy atom. The Bertz CT molecular complexity index is 1210. The first-order chi connectivity index (χ1) is 16.3. The standard InChI is InChI=1S/C27H28N4O3/c1-18(2)25(32)30-17-22(29-27(34)28-20-11-9-10-19(3)16-20)26(33)31(21-12-5-4-6-13-21)24-15-8-7-14-23(24)30/h4-16,18,22H,17H2,1-3H3,(H2,28,29,34). The fourth-order valence-electron chi connectivity index (χ4n) is 4.03. The zero-order valence-electron chi connectivity index (χ0n) is 19.5. The first-order valence-electron chi connectivity index (χ1n) is 11.3. The molecule has 7 heteroatoms. The van der Waals surface area contributed by atoms with Gasteiger partial charge in [-0.1, -0.05) is 56.3 Å². The zero-order chi connectivity index (χ0) is 24.2. The third-order valence-corrected chi connectivity index (χ3v) is 5.65. The van der Waals surface area contributed by atoms with E-state index in [1.165, 1.54) is 0 Å². The van der Waals surface area contributed by atoms with Crippen molar-refractivity contribution in [2.75, 3.05) is 21.7 Å². The Hall–Kier alpha value is -4.13. The molecule has 1 atom stereocenters. The van der Waals surface area contributed by atoms with Gasteiger partial charge in [0, 0.05) is 17.3 Å². The summed E-state index contributed by atoms with van der Waals surface area (Å²) in [6, 6.07) is 22.5. The first kappa shape index (κ1) is 23.0. The van der Waals surface area contributed by atoms with Gasteiger partial charge in [0.05, 0.1) is 17.9 Å². The van der Waals surface area contributed by atoms with Gasteiger partial charge in [-0.15, -0.1) is 0 Å². The van der Waals surface area contributed by atoms with Crippen LogP contribution in [0.25, 0.3) is 0 Å². The van der Waals surface area contributed by atoms with E-state index in [1.807, 2.05) is 93.6 Å². The van der Waals surface area contributed by atoms with E-state index in [9.17, 15) is 14.4 Å². The minimum absolute atomic E-state index is 0.0252. The average molecular weight is 457 g/mol. The van der Waals surface area contributed by atoms with Crippen LogP contribution < -0.4 is 20.4 Å². The summed E-state index contributed by atoms with van der Waals surface area (Å²) < 4.78 is 0. The van der Waals surface area contributed by atoms with Crippen LogP contribution in [0.15, 0.2) is 78.9 Å². The number of nitrogens with one attached hydrogen (secondary N) is 2. The average Bonchev–Trinajstić information content (AvgIpc) is 2.93. The van der Waals surface area contributed by atoms with E-state index in [-0.39, 0.29) is 24.3 Å². The molecule has 7 nitrogen and oxygen atoms in total. The van der Waals surface area contributed by atoms with E-state index < -0.39 is 12.1 Å². The monoisotopic (exact) mass is 456 g/mol. The molecular formula is C27H28N4O3. The highest BCUT2D eigenvalue weighted by Crippen LogP contribution is 2.38. The van der Waals surface area contributed by atoms with Crippen LogP contribution in [0.5, 0.6) is 0 Å². The number of carbonyl (C=O) groups is 3. The van der Waals surface area contributed by atoms with E-state index in [0.29, 0.717) is 22.7 Å². The van der Waals surface area contributed by atoms with Crippen molar-refractivity contribution in [2.24, 2.45) is 5.92 Å². The lowest BCUT2D eigenvalue weighted by Crippen LogP contribution is -2.53. The summed E-state index contributed by atoms with van der Waals surface area (Å²) >= 11 is 0. The summed E-state index contributed by atoms with van der Waals surface area (Å²) in [4.78, 5) is 43.1. The predicted octanol–water partition coefficient (Wildman–Crippen LogP) is 4.85. The van der Waals surface area contributed by atoms with E-state index >= 15 is 0 Å². The van der Waals surface area contributed by atoms with Gasteiger partial charge in [0.2, 0.25) is 5.91 Å². The van der Waals surface area contributed by atoms with Crippen molar-refractivity contribution in [2.45, 2.75) is 26.8 Å². The summed E-state index contributed by atoms with van der Waals surface area (Å²) in [5.41, 5.74) is 3.50. The first-order valence-corrected chi connectivity index (χ1v) is 11.3. The number of benzene rings is 3. The smallest absolute Gasteiger partial charge is 0.319 e. The quantitative estimate of drug-likeness (QED) is 0.589. The molecule has 0 aliphatic carbocycles. The van der Waals surface area contributed by atoms with E-state index in [0.717, 1.165) is 5.56 Å². The molecule has 1 aliphatic rings. The molecule has 1 aliphatic heterocycles. The SMILES string of the molecule is Cc1cccc(NC(=O)NC2CN(C(=O)C(C)C)c3ccccc3N(c3ccccc3)C2=O)c1. The number of nitrogens with zero attached hydrogens (tertiary/aromatic N) is 2. The van der Waals surface area contributed by atoms with Crippen LogP contribution in [0, 0.1) is 12.8 Å². The van der Waals surface area contributed by atoms with Gasteiger partial charge in [0.1, 0.15) is 6.04 Å². The Morgan fingerprint density at radius 1 is 0.912 bits per heavy atom. The number of para-hydroxylation sites is 3. The fourth-order valence-corrected chi connectivity index (χ4v) is 4.03. The van der Waals surface area contributed by atoms with E-state index in [1.54, 1.807) is 15.9 Å². The van der Waals surface area contributed by atoms with Crippen LogP contribution in [0.1, 0.15) is 19.4 Å². The lowest BCUT2D eigenvalue weighted by Gasteiger charge is -2.26. The van der Waals surface area contributed by atoms with E-state index in [2.05, 4.69) is 10.6 Å². The third-order valence-electron chi connectivity index (χ3n) is 5.65.